The molecule has 0 aliphatic rings. The van der Waals surface area contributed by atoms with Crippen molar-refractivity contribution in [2.45, 2.75) is 6.18 Å². The van der Waals surface area contributed by atoms with E-state index in [4.69, 9.17) is 0 Å². The van der Waals surface area contributed by atoms with Crippen LogP contribution in [-0.4, -0.2) is 0 Å². The van der Waals surface area contributed by atoms with Gasteiger partial charge in [-0.2, -0.15) is 13.2 Å². The molecule has 26 heavy (non-hydrogen) atoms. The van der Waals surface area contributed by atoms with E-state index in [9.17, 15) is 13.2 Å². The topological polar surface area (TPSA) is 0 Å². The highest BCUT2D eigenvalue weighted by atomic mass is 19.4. The highest BCUT2D eigenvalue weighted by Crippen LogP contribution is 2.31. The molecule has 0 atom stereocenters. The van der Waals surface area contributed by atoms with Gasteiger partial charge in [-0.25, -0.2) is 0 Å². The summed E-state index contributed by atoms with van der Waals surface area (Å²) in [5.74, 6) is 0. The van der Waals surface area contributed by atoms with Crippen molar-refractivity contribution in [1.29, 1.82) is 0 Å². The Morgan fingerprint density at radius 1 is 0.615 bits per heavy atom. The summed E-state index contributed by atoms with van der Waals surface area (Å²) in [6.45, 7) is 0. The van der Waals surface area contributed by atoms with Gasteiger partial charge < -0.3 is 0 Å². The molecule has 0 spiro atoms. The molecule has 4 aromatic rings. The van der Waals surface area contributed by atoms with Crippen molar-refractivity contribution in [2.24, 2.45) is 0 Å². The lowest BCUT2D eigenvalue weighted by atomic mass is 9.96. The summed E-state index contributed by atoms with van der Waals surface area (Å²) >= 11 is 0. The van der Waals surface area contributed by atoms with Gasteiger partial charge in [0.1, 0.15) is 0 Å². The SMILES string of the molecule is FC(F)(F)c1ccc(/C=C/c2c3ccccc3cc3ccccc23)cc1. The van der Waals surface area contributed by atoms with Crippen LogP contribution in [-0.2, 0) is 6.18 Å². The van der Waals surface area contributed by atoms with Gasteiger partial charge in [0.25, 0.3) is 0 Å². The van der Waals surface area contributed by atoms with Gasteiger partial charge in [0.15, 0.2) is 0 Å². The Balaban J connectivity index is 1.81. The Labute approximate surface area is 149 Å². The molecule has 4 aromatic carbocycles. The third-order valence-electron chi connectivity index (χ3n) is 4.49. The van der Waals surface area contributed by atoms with Gasteiger partial charge in [-0.1, -0.05) is 72.8 Å². The van der Waals surface area contributed by atoms with Gasteiger partial charge in [-0.05, 0) is 50.9 Å². The second kappa shape index (κ2) is 6.34. The quantitative estimate of drug-likeness (QED) is 0.266. The smallest absolute Gasteiger partial charge is 0.166 e. The van der Waals surface area contributed by atoms with Crippen molar-refractivity contribution in [3.8, 4) is 0 Å². The van der Waals surface area contributed by atoms with E-state index in [1.807, 2.05) is 36.4 Å². The lowest BCUT2D eigenvalue weighted by Crippen LogP contribution is -2.03. The van der Waals surface area contributed by atoms with Crippen LogP contribution in [0.25, 0.3) is 33.7 Å². The lowest BCUT2D eigenvalue weighted by molar-refractivity contribution is -0.137. The normalized spacial score (nSPS) is 12.3. The minimum Gasteiger partial charge on any atom is -0.166 e. The molecule has 0 nitrogen and oxygen atoms in total. The summed E-state index contributed by atoms with van der Waals surface area (Å²) in [6.07, 6.45) is -0.476. The van der Waals surface area contributed by atoms with Gasteiger partial charge in [0, 0.05) is 0 Å². The standard InChI is InChI=1S/C23H15F3/c24-23(25,26)19-12-9-16(10-13-19)11-14-22-20-7-3-1-5-17(20)15-18-6-2-4-8-21(18)22/h1-15H/b14-11+. The van der Waals surface area contributed by atoms with Gasteiger partial charge in [-0.15, -0.1) is 0 Å². The minimum atomic E-state index is -4.31. The van der Waals surface area contributed by atoms with Crippen LogP contribution >= 0.6 is 0 Å². The van der Waals surface area contributed by atoms with Crippen LogP contribution in [0.4, 0.5) is 13.2 Å². The van der Waals surface area contributed by atoms with Crippen molar-refractivity contribution >= 4 is 33.7 Å². The highest BCUT2D eigenvalue weighted by Gasteiger charge is 2.29. The number of alkyl halides is 3. The van der Waals surface area contributed by atoms with E-state index < -0.39 is 11.7 Å². The Morgan fingerprint density at radius 2 is 1.15 bits per heavy atom. The zero-order valence-electron chi connectivity index (χ0n) is 13.8. The maximum absolute atomic E-state index is 12.7. The molecule has 0 radical (unpaired) electrons. The maximum atomic E-state index is 12.7. The fourth-order valence-electron chi connectivity index (χ4n) is 3.19. The number of rotatable bonds is 2. The second-order valence-electron chi connectivity index (χ2n) is 6.19. The van der Waals surface area contributed by atoms with Crippen molar-refractivity contribution in [3.05, 3.63) is 95.6 Å². The number of hydrogen-bond acceptors (Lipinski definition) is 0. The largest absolute Gasteiger partial charge is 0.416 e. The van der Waals surface area contributed by atoms with E-state index in [2.05, 4.69) is 30.3 Å². The summed E-state index contributed by atoms with van der Waals surface area (Å²) in [6, 6.07) is 23.6. The Morgan fingerprint density at radius 3 is 1.69 bits per heavy atom. The average molecular weight is 348 g/mol. The predicted octanol–water partition coefficient (Wildman–Crippen LogP) is 7.18. The molecule has 0 saturated carbocycles. The van der Waals surface area contributed by atoms with E-state index in [1.165, 1.54) is 12.1 Å². The molecule has 0 aliphatic carbocycles. The Bertz CT molecular complexity index is 1050. The third kappa shape index (κ3) is 3.08. The molecule has 0 aromatic heterocycles. The molecule has 0 bridgehead atoms. The first kappa shape index (κ1) is 16.4. The molecule has 0 N–H and O–H groups in total. The summed E-state index contributed by atoms with van der Waals surface area (Å²) in [5.41, 5.74) is 1.17. The van der Waals surface area contributed by atoms with Gasteiger partial charge >= 0.3 is 6.18 Å². The van der Waals surface area contributed by atoms with Crippen LogP contribution in [0.2, 0.25) is 0 Å². The van der Waals surface area contributed by atoms with Crippen molar-refractivity contribution in [2.75, 3.05) is 0 Å². The lowest BCUT2D eigenvalue weighted by Gasteiger charge is -2.09. The number of halogens is 3. The highest BCUT2D eigenvalue weighted by molar-refractivity contribution is 6.07. The number of benzene rings is 4. The van der Waals surface area contributed by atoms with E-state index in [0.717, 1.165) is 44.8 Å². The van der Waals surface area contributed by atoms with E-state index in [-0.39, 0.29) is 0 Å². The van der Waals surface area contributed by atoms with Crippen LogP contribution < -0.4 is 0 Å². The number of fused-ring (bicyclic) bond motifs is 2. The summed E-state index contributed by atoms with van der Waals surface area (Å²) in [5, 5.41) is 4.51. The van der Waals surface area contributed by atoms with Crippen LogP contribution in [0.3, 0.4) is 0 Å². The molecule has 0 heterocycles. The maximum Gasteiger partial charge on any atom is 0.416 e. The molecule has 4 rings (SSSR count). The van der Waals surface area contributed by atoms with Crippen LogP contribution in [0.5, 0.6) is 0 Å². The van der Waals surface area contributed by atoms with Crippen LogP contribution in [0.15, 0.2) is 78.9 Å². The minimum absolute atomic E-state index is 0.634. The molecule has 0 unspecified atom stereocenters. The van der Waals surface area contributed by atoms with Gasteiger partial charge in [0.05, 0.1) is 5.56 Å². The van der Waals surface area contributed by atoms with Gasteiger partial charge in [-0.3, -0.25) is 0 Å². The predicted molar refractivity (Wildman–Crippen MR) is 102 cm³/mol. The van der Waals surface area contributed by atoms with Gasteiger partial charge in [0.2, 0.25) is 0 Å². The molecule has 0 amide bonds. The molecule has 128 valence electrons. The second-order valence-corrected chi connectivity index (χ2v) is 6.19. The third-order valence-corrected chi connectivity index (χ3v) is 4.49. The first-order valence-electron chi connectivity index (χ1n) is 8.28. The fourth-order valence-corrected chi connectivity index (χ4v) is 3.19. The van der Waals surface area contributed by atoms with Crippen molar-refractivity contribution < 1.29 is 13.2 Å². The van der Waals surface area contributed by atoms with Crippen LogP contribution in [0.1, 0.15) is 16.7 Å². The summed E-state index contributed by atoms with van der Waals surface area (Å²) < 4.78 is 38.1. The van der Waals surface area contributed by atoms with E-state index in [0.29, 0.717) is 0 Å². The Hall–Kier alpha value is -3.07. The molecule has 0 fully saturated rings. The zero-order chi connectivity index (χ0) is 18.1. The summed E-state index contributed by atoms with van der Waals surface area (Å²) in [7, 11) is 0. The van der Waals surface area contributed by atoms with Crippen LogP contribution in [0, 0.1) is 0 Å². The van der Waals surface area contributed by atoms with Crippen molar-refractivity contribution in [1.82, 2.24) is 0 Å². The first-order valence-corrected chi connectivity index (χ1v) is 8.28. The van der Waals surface area contributed by atoms with E-state index in [1.54, 1.807) is 0 Å². The molecule has 3 heteroatoms. The Kier molecular flexibility index (Phi) is 4.00. The van der Waals surface area contributed by atoms with E-state index >= 15 is 0 Å². The molecular weight excluding hydrogens is 333 g/mol. The average Bonchev–Trinajstić information content (AvgIpc) is 2.65. The monoisotopic (exact) mass is 348 g/mol. The fraction of sp³-hybridized carbons (Fsp3) is 0.0435. The van der Waals surface area contributed by atoms with Crippen molar-refractivity contribution in [3.63, 3.8) is 0 Å². The molecule has 0 saturated heterocycles. The number of hydrogen-bond donors (Lipinski definition) is 0. The zero-order valence-corrected chi connectivity index (χ0v) is 13.8. The summed E-state index contributed by atoms with van der Waals surface area (Å²) in [4.78, 5) is 0. The molecular formula is C23H15F3. The molecule has 0 aliphatic heterocycles. The first-order chi connectivity index (χ1) is 12.5.